The lowest BCUT2D eigenvalue weighted by atomic mass is 10.1. The molecule has 0 amide bonds. The summed E-state index contributed by atoms with van der Waals surface area (Å²) in [5.41, 5.74) is 0. The van der Waals surface area contributed by atoms with E-state index in [9.17, 15) is 18.4 Å². The number of hydrogen-bond acceptors (Lipinski definition) is 2. The van der Waals surface area contributed by atoms with Gasteiger partial charge in [-0.2, -0.15) is 0 Å². The van der Waals surface area contributed by atoms with Gasteiger partial charge in [0.1, 0.15) is 17.5 Å². The molecule has 10 heavy (non-hydrogen) atoms. The van der Waals surface area contributed by atoms with Crippen LogP contribution in [0.2, 0.25) is 0 Å². The first kappa shape index (κ1) is 7.31. The highest BCUT2D eigenvalue weighted by molar-refractivity contribution is 6.08. The van der Waals surface area contributed by atoms with Gasteiger partial charge >= 0.3 is 0 Å². The van der Waals surface area contributed by atoms with Crippen molar-refractivity contribution in [1.29, 1.82) is 0 Å². The molecule has 1 rings (SSSR count). The molecule has 0 saturated heterocycles. The van der Waals surface area contributed by atoms with Crippen molar-refractivity contribution in [1.82, 2.24) is 0 Å². The smallest absolute Gasteiger partial charge is 0.255 e. The second-order valence-electron chi connectivity index (χ2n) is 2.24. The van der Waals surface area contributed by atoms with Gasteiger partial charge in [0.2, 0.25) is 0 Å². The summed E-state index contributed by atoms with van der Waals surface area (Å²) in [7, 11) is 0. The van der Waals surface area contributed by atoms with Crippen LogP contribution in [0.4, 0.5) is 8.78 Å². The molecular weight excluding hydrogens is 142 g/mol. The van der Waals surface area contributed by atoms with Crippen molar-refractivity contribution in [3.8, 4) is 0 Å². The van der Waals surface area contributed by atoms with Gasteiger partial charge in [0.15, 0.2) is 0 Å². The largest absolute Gasteiger partial charge is 0.299 e. The van der Waals surface area contributed by atoms with Crippen molar-refractivity contribution in [2.75, 3.05) is 0 Å². The Kier molecular flexibility index (Phi) is 1.78. The Hall–Kier alpha value is -0.800. The number of Topliss-reactive ketones (excluding diaryl/α,β-unsaturated/α-hetero) is 2. The van der Waals surface area contributed by atoms with Crippen LogP contribution in [0, 0.1) is 5.92 Å². The Bertz CT molecular complexity index is 161. The minimum Gasteiger partial charge on any atom is -0.299 e. The average molecular weight is 148 g/mol. The zero-order valence-electron chi connectivity index (χ0n) is 5.14. The van der Waals surface area contributed by atoms with Crippen molar-refractivity contribution >= 4 is 11.6 Å². The fourth-order valence-electron chi connectivity index (χ4n) is 1.02. The molecule has 1 fully saturated rings. The number of hydrogen-bond donors (Lipinski definition) is 0. The molecule has 0 atom stereocenters. The summed E-state index contributed by atoms with van der Waals surface area (Å²) in [6.45, 7) is 0. The maximum atomic E-state index is 11.8. The zero-order valence-corrected chi connectivity index (χ0v) is 5.14. The first-order valence-corrected chi connectivity index (χ1v) is 2.96. The lowest BCUT2D eigenvalue weighted by molar-refractivity contribution is -0.132. The first-order valence-electron chi connectivity index (χ1n) is 2.96. The van der Waals surface area contributed by atoms with Crippen LogP contribution >= 0.6 is 0 Å². The first-order chi connectivity index (χ1) is 4.63. The molecule has 0 aromatic heterocycles. The molecule has 0 aromatic carbocycles. The summed E-state index contributed by atoms with van der Waals surface area (Å²) >= 11 is 0. The number of carbonyl (C=O) groups excluding carboxylic acids is 2. The monoisotopic (exact) mass is 148 g/mol. The van der Waals surface area contributed by atoms with Gasteiger partial charge in [-0.15, -0.1) is 0 Å². The van der Waals surface area contributed by atoms with Crippen LogP contribution in [0.5, 0.6) is 0 Å². The van der Waals surface area contributed by atoms with E-state index in [1.54, 1.807) is 0 Å². The van der Waals surface area contributed by atoms with Crippen LogP contribution in [0.15, 0.2) is 0 Å². The van der Waals surface area contributed by atoms with Crippen LogP contribution in [0.1, 0.15) is 12.8 Å². The fraction of sp³-hybridized carbons (Fsp3) is 0.667. The summed E-state index contributed by atoms with van der Waals surface area (Å²) in [6.07, 6.45) is -2.82. The van der Waals surface area contributed by atoms with Gasteiger partial charge in [-0.3, -0.25) is 9.59 Å². The molecule has 1 aliphatic carbocycles. The average Bonchev–Trinajstić information content (AvgIpc) is 2.11. The standard InChI is InChI=1S/C6H6F2O2/c7-6(8)5-3(9)1-2-4(5)10/h5-6H,1-2H2. The molecule has 0 heterocycles. The molecule has 1 saturated carbocycles. The normalized spacial score (nSPS) is 21.1. The van der Waals surface area contributed by atoms with Crippen LogP contribution in [-0.2, 0) is 9.59 Å². The quantitative estimate of drug-likeness (QED) is 0.515. The third kappa shape index (κ3) is 1.05. The summed E-state index contributed by atoms with van der Waals surface area (Å²) in [4.78, 5) is 21.1. The van der Waals surface area contributed by atoms with Crippen LogP contribution in [-0.4, -0.2) is 18.0 Å². The van der Waals surface area contributed by atoms with E-state index in [4.69, 9.17) is 0 Å². The minimum absolute atomic E-state index is 0.00611. The molecule has 2 nitrogen and oxygen atoms in total. The Morgan fingerprint density at radius 3 is 1.80 bits per heavy atom. The lowest BCUT2D eigenvalue weighted by Gasteiger charge is -2.02. The number of alkyl halides is 2. The lowest BCUT2D eigenvalue weighted by Crippen LogP contribution is -2.22. The summed E-state index contributed by atoms with van der Waals surface area (Å²) in [5.74, 6) is -2.83. The molecular formula is C6H6F2O2. The molecule has 56 valence electrons. The highest BCUT2D eigenvalue weighted by Crippen LogP contribution is 2.23. The van der Waals surface area contributed by atoms with Gasteiger partial charge in [-0.05, 0) is 0 Å². The van der Waals surface area contributed by atoms with Crippen LogP contribution in [0.25, 0.3) is 0 Å². The van der Waals surface area contributed by atoms with E-state index in [1.807, 2.05) is 0 Å². The van der Waals surface area contributed by atoms with Crippen molar-refractivity contribution in [2.24, 2.45) is 5.92 Å². The van der Waals surface area contributed by atoms with Crippen LogP contribution in [0.3, 0.4) is 0 Å². The number of carbonyl (C=O) groups is 2. The molecule has 0 aliphatic heterocycles. The Morgan fingerprint density at radius 1 is 1.20 bits per heavy atom. The van der Waals surface area contributed by atoms with Crippen molar-refractivity contribution in [3.05, 3.63) is 0 Å². The second-order valence-corrected chi connectivity index (χ2v) is 2.24. The van der Waals surface area contributed by atoms with Gasteiger partial charge in [0.25, 0.3) is 6.43 Å². The highest BCUT2D eigenvalue weighted by atomic mass is 19.3. The van der Waals surface area contributed by atoms with E-state index in [-0.39, 0.29) is 12.8 Å². The van der Waals surface area contributed by atoms with Gasteiger partial charge in [0, 0.05) is 12.8 Å². The predicted octanol–water partition coefficient (Wildman–Crippen LogP) is 0.800. The zero-order chi connectivity index (χ0) is 7.72. The van der Waals surface area contributed by atoms with E-state index in [2.05, 4.69) is 0 Å². The Morgan fingerprint density at radius 2 is 1.60 bits per heavy atom. The van der Waals surface area contributed by atoms with E-state index >= 15 is 0 Å². The molecule has 1 aliphatic rings. The number of halogens is 2. The SMILES string of the molecule is O=C1CCC(=O)C1C(F)F. The van der Waals surface area contributed by atoms with Gasteiger partial charge in [-0.25, -0.2) is 8.78 Å². The highest BCUT2D eigenvalue weighted by Gasteiger charge is 2.39. The van der Waals surface area contributed by atoms with E-state index < -0.39 is 23.9 Å². The minimum atomic E-state index is -2.80. The Balaban J connectivity index is 2.72. The predicted molar refractivity (Wildman–Crippen MR) is 28.7 cm³/mol. The summed E-state index contributed by atoms with van der Waals surface area (Å²) in [6, 6.07) is 0. The molecule has 0 bridgehead atoms. The van der Waals surface area contributed by atoms with Gasteiger partial charge in [-0.1, -0.05) is 0 Å². The van der Waals surface area contributed by atoms with Crippen molar-refractivity contribution < 1.29 is 18.4 Å². The third-order valence-corrected chi connectivity index (χ3v) is 1.56. The number of ketones is 2. The Labute approximate surface area is 56.2 Å². The summed E-state index contributed by atoms with van der Waals surface area (Å²) in [5, 5.41) is 0. The molecule has 4 heteroatoms. The molecule has 0 radical (unpaired) electrons. The third-order valence-electron chi connectivity index (χ3n) is 1.56. The van der Waals surface area contributed by atoms with E-state index in [0.29, 0.717) is 0 Å². The molecule has 0 spiro atoms. The van der Waals surface area contributed by atoms with Crippen LogP contribution < -0.4 is 0 Å². The number of rotatable bonds is 1. The fourth-order valence-corrected chi connectivity index (χ4v) is 1.02. The topological polar surface area (TPSA) is 34.1 Å². The molecule has 0 aromatic rings. The second kappa shape index (κ2) is 2.44. The van der Waals surface area contributed by atoms with Gasteiger partial charge in [0.05, 0.1) is 0 Å². The van der Waals surface area contributed by atoms with E-state index in [0.717, 1.165) is 0 Å². The maximum Gasteiger partial charge on any atom is 0.255 e. The maximum absolute atomic E-state index is 11.8. The van der Waals surface area contributed by atoms with Crippen molar-refractivity contribution in [2.45, 2.75) is 19.3 Å². The summed E-state index contributed by atoms with van der Waals surface area (Å²) < 4.78 is 23.6. The van der Waals surface area contributed by atoms with Gasteiger partial charge < -0.3 is 0 Å². The molecule has 0 N–H and O–H groups in total. The van der Waals surface area contributed by atoms with Crippen molar-refractivity contribution in [3.63, 3.8) is 0 Å². The van der Waals surface area contributed by atoms with E-state index in [1.165, 1.54) is 0 Å². The molecule has 0 unspecified atom stereocenters.